The van der Waals surface area contributed by atoms with E-state index < -0.39 is 0 Å². The maximum Gasteiger partial charge on any atom is 0.176 e. The van der Waals surface area contributed by atoms with Crippen LogP contribution in [0.4, 0.5) is 0 Å². The van der Waals surface area contributed by atoms with Crippen molar-refractivity contribution in [2.75, 3.05) is 0 Å². The molecule has 1 aromatic carbocycles. The van der Waals surface area contributed by atoms with Crippen LogP contribution in [0.5, 0.6) is 0 Å². The molecule has 15 heavy (non-hydrogen) atoms. The molecule has 2 heterocycles. The van der Waals surface area contributed by atoms with Crippen molar-refractivity contribution < 1.29 is 4.74 Å². The molecule has 1 aromatic heterocycles. The molecular formula is C12H8N2O. The van der Waals surface area contributed by atoms with Gasteiger partial charge in [0, 0.05) is 5.39 Å². The fourth-order valence-electron chi connectivity index (χ4n) is 1.68. The normalized spacial score (nSPS) is 23.7. The third kappa shape index (κ3) is 1.36. The van der Waals surface area contributed by atoms with Gasteiger partial charge in [0.2, 0.25) is 0 Å². The number of benzene rings is 1. The maximum absolute atomic E-state index is 8.65. The molecule has 0 aliphatic carbocycles. The van der Waals surface area contributed by atoms with Crippen LogP contribution in [0.2, 0.25) is 0 Å². The molecule has 0 saturated carbocycles. The summed E-state index contributed by atoms with van der Waals surface area (Å²) in [6, 6.07) is 13.9. The van der Waals surface area contributed by atoms with E-state index in [1.54, 1.807) is 0 Å². The van der Waals surface area contributed by atoms with Crippen LogP contribution in [-0.4, -0.2) is 11.1 Å². The predicted molar refractivity (Wildman–Crippen MR) is 55.0 cm³/mol. The molecule has 1 saturated heterocycles. The Morgan fingerprint density at radius 1 is 1.20 bits per heavy atom. The van der Waals surface area contributed by atoms with E-state index in [2.05, 4.69) is 11.1 Å². The first-order valence-electron chi connectivity index (χ1n) is 4.79. The summed E-state index contributed by atoms with van der Waals surface area (Å²) in [6.45, 7) is 0. The maximum atomic E-state index is 8.65. The summed E-state index contributed by atoms with van der Waals surface area (Å²) in [5, 5.41) is 9.76. The minimum absolute atomic E-state index is 0.125. The van der Waals surface area contributed by atoms with Crippen LogP contribution in [0, 0.1) is 11.3 Å². The molecule has 2 atom stereocenters. The van der Waals surface area contributed by atoms with E-state index in [9.17, 15) is 0 Å². The number of pyridine rings is 1. The number of rotatable bonds is 1. The Morgan fingerprint density at radius 3 is 2.87 bits per heavy atom. The van der Waals surface area contributed by atoms with Gasteiger partial charge >= 0.3 is 0 Å². The lowest BCUT2D eigenvalue weighted by atomic mass is 10.1. The zero-order valence-electron chi connectivity index (χ0n) is 7.92. The fourth-order valence-corrected chi connectivity index (χ4v) is 1.68. The van der Waals surface area contributed by atoms with Gasteiger partial charge in [-0.15, -0.1) is 0 Å². The first kappa shape index (κ1) is 8.39. The highest BCUT2D eigenvalue weighted by atomic mass is 16.6. The molecule has 0 radical (unpaired) electrons. The van der Waals surface area contributed by atoms with Gasteiger partial charge in [-0.3, -0.25) is 0 Å². The molecule has 3 nitrogen and oxygen atoms in total. The number of nitrogens with zero attached hydrogens (tertiary/aromatic N) is 2. The molecule has 0 spiro atoms. The highest BCUT2D eigenvalue weighted by molar-refractivity contribution is 5.78. The van der Waals surface area contributed by atoms with Crippen molar-refractivity contribution in [1.82, 2.24) is 4.98 Å². The molecule has 2 aromatic rings. The van der Waals surface area contributed by atoms with Gasteiger partial charge in [-0.25, -0.2) is 4.98 Å². The van der Waals surface area contributed by atoms with Gasteiger partial charge in [0.25, 0.3) is 0 Å². The average molecular weight is 196 g/mol. The van der Waals surface area contributed by atoms with Crippen molar-refractivity contribution in [3.8, 4) is 6.07 Å². The van der Waals surface area contributed by atoms with Crippen molar-refractivity contribution in [2.24, 2.45) is 0 Å². The molecule has 3 rings (SSSR count). The molecular weight excluding hydrogens is 188 g/mol. The van der Waals surface area contributed by atoms with E-state index in [-0.39, 0.29) is 12.2 Å². The van der Waals surface area contributed by atoms with E-state index >= 15 is 0 Å². The van der Waals surface area contributed by atoms with Crippen molar-refractivity contribution in [3.63, 3.8) is 0 Å². The quantitative estimate of drug-likeness (QED) is 0.657. The molecule has 2 unspecified atom stereocenters. The van der Waals surface area contributed by atoms with Gasteiger partial charge < -0.3 is 4.74 Å². The molecule has 0 bridgehead atoms. The summed E-state index contributed by atoms with van der Waals surface area (Å²) in [5.74, 6) is 0. The third-order valence-corrected chi connectivity index (χ3v) is 2.53. The van der Waals surface area contributed by atoms with E-state index in [0.29, 0.717) is 0 Å². The van der Waals surface area contributed by atoms with Gasteiger partial charge in [0.05, 0.1) is 17.3 Å². The summed E-state index contributed by atoms with van der Waals surface area (Å²) < 4.78 is 5.18. The van der Waals surface area contributed by atoms with Crippen LogP contribution < -0.4 is 0 Å². The van der Waals surface area contributed by atoms with Crippen LogP contribution in [0.15, 0.2) is 36.4 Å². The zero-order valence-corrected chi connectivity index (χ0v) is 7.92. The Hall–Kier alpha value is -1.92. The first-order valence-corrected chi connectivity index (χ1v) is 4.79. The number of hydrogen-bond acceptors (Lipinski definition) is 3. The van der Waals surface area contributed by atoms with Crippen LogP contribution >= 0.6 is 0 Å². The number of epoxide rings is 1. The monoisotopic (exact) mass is 196 g/mol. The van der Waals surface area contributed by atoms with E-state index in [1.165, 1.54) is 0 Å². The summed E-state index contributed by atoms with van der Waals surface area (Å²) in [6.07, 6.45) is -0.432. The summed E-state index contributed by atoms with van der Waals surface area (Å²) in [4.78, 5) is 4.46. The Labute approximate surface area is 86.9 Å². The number of para-hydroxylation sites is 1. The Balaban J connectivity index is 2.05. The molecule has 1 aliphatic heterocycles. The minimum atomic E-state index is -0.307. The number of hydrogen-bond donors (Lipinski definition) is 0. The van der Waals surface area contributed by atoms with Crippen LogP contribution in [-0.2, 0) is 4.74 Å². The standard InChI is InChI=1S/C12H8N2O/c13-7-11-12(15-11)10-6-5-8-3-1-2-4-9(8)14-10/h1-6,11-12H. The van der Waals surface area contributed by atoms with Crippen molar-refractivity contribution in [2.45, 2.75) is 12.2 Å². The van der Waals surface area contributed by atoms with Crippen LogP contribution in [0.3, 0.4) is 0 Å². The summed E-state index contributed by atoms with van der Waals surface area (Å²) in [5.41, 5.74) is 1.79. The van der Waals surface area contributed by atoms with Crippen LogP contribution in [0.1, 0.15) is 11.8 Å². The Bertz CT molecular complexity index is 559. The molecule has 72 valence electrons. The largest absolute Gasteiger partial charge is 0.347 e. The molecule has 1 fully saturated rings. The van der Waals surface area contributed by atoms with Crippen LogP contribution in [0.25, 0.3) is 10.9 Å². The second kappa shape index (κ2) is 3.04. The lowest BCUT2D eigenvalue weighted by molar-refractivity contribution is 0.393. The number of aromatic nitrogens is 1. The smallest absolute Gasteiger partial charge is 0.176 e. The fraction of sp³-hybridized carbons (Fsp3) is 0.167. The first-order chi connectivity index (χ1) is 7.38. The molecule has 0 amide bonds. The SMILES string of the molecule is N#CC1OC1c1ccc2ccccc2n1. The number of ether oxygens (including phenoxy) is 1. The second-order valence-electron chi connectivity index (χ2n) is 3.54. The van der Waals surface area contributed by atoms with E-state index in [1.807, 2.05) is 36.4 Å². The van der Waals surface area contributed by atoms with Crippen molar-refractivity contribution in [3.05, 3.63) is 42.1 Å². The molecule has 0 N–H and O–H groups in total. The highest BCUT2D eigenvalue weighted by Gasteiger charge is 2.41. The Morgan fingerprint density at radius 2 is 2.07 bits per heavy atom. The lowest BCUT2D eigenvalue weighted by Crippen LogP contribution is -1.90. The topological polar surface area (TPSA) is 49.2 Å². The third-order valence-electron chi connectivity index (χ3n) is 2.53. The summed E-state index contributed by atoms with van der Waals surface area (Å²) in [7, 11) is 0. The Kier molecular flexibility index (Phi) is 1.70. The van der Waals surface area contributed by atoms with Gasteiger partial charge in [0.15, 0.2) is 6.10 Å². The minimum Gasteiger partial charge on any atom is -0.347 e. The highest BCUT2D eigenvalue weighted by Crippen LogP contribution is 2.37. The molecule has 3 heteroatoms. The van der Waals surface area contributed by atoms with Crippen molar-refractivity contribution >= 4 is 10.9 Å². The molecule has 1 aliphatic rings. The average Bonchev–Trinajstić information content (AvgIpc) is 3.08. The summed E-state index contributed by atoms with van der Waals surface area (Å²) >= 11 is 0. The number of fused-ring (bicyclic) bond motifs is 1. The lowest BCUT2D eigenvalue weighted by Gasteiger charge is -1.98. The van der Waals surface area contributed by atoms with Gasteiger partial charge in [-0.2, -0.15) is 5.26 Å². The second-order valence-corrected chi connectivity index (χ2v) is 3.54. The predicted octanol–water partition coefficient (Wildman–Crippen LogP) is 2.20. The van der Waals surface area contributed by atoms with Gasteiger partial charge in [-0.1, -0.05) is 24.3 Å². The number of nitriles is 1. The van der Waals surface area contributed by atoms with Gasteiger partial charge in [0.1, 0.15) is 6.10 Å². The van der Waals surface area contributed by atoms with E-state index in [0.717, 1.165) is 16.6 Å². The van der Waals surface area contributed by atoms with E-state index in [4.69, 9.17) is 10.00 Å². The zero-order chi connectivity index (χ0) is 10.3. The van der Waals surface area contributed by atoms with Gasteiger partial charge in [-0.05, 0) is 12.1 Å². The van der Waals surface area contributed by atoms with Crippen molar-refractivity contribution in [1.29, 1.82) is 5.26 Å².